The average Bonchev–Trinajstić information content (AvgIpc) is 2.97. The van der Waals surface area contributed by atoms with Crippen molar-refractivity contribution < 1.29 is 9.47 Å². The Labute approximate surface area is 129 Å². The number of ether oxygens (including phenoxy) is 2. The highest BCUT2D eigenvalue weighted by Crippen LogP contribution is 2.43. The summed E-state index contributed by atoms with van der Waals surface area (Å²) in [7, 11) is 2.03. The first-order valence-electron chi connectivity index (χ1n) is 8.29. The standard InChI is InChI=1S/C18H29NO2/c1-4-14-20-16-10-8-15(9-11-16)17(19-3)18(21-5-2)12-6-7-13-18/h8-11,17,19H,4-7,12-14H2,1-3H3. The lowest BCUT2D eigenvalue weighted by molar-refractivity contribution is -0.0610. The van der Waals surface area contributed by atoms with Gasteiger partial charge in [0, 0.05) is 6.61 Å². The first-order valence-corrected chi connectivity index (χ1v) is 8.29. The van der Waals surface area contributed by atoms with E-state index in [9.17, 15) is 0 Å². The van der Waals surface area contributed by atoms with E-state index >= 15 is 0 Å². The fourth-order valence-electron chi connectivity index (χ4n) is 3.49. The second-order valence-electron chi connectivity index (χ2n) is 5.84. The molecule has 0 aliphatic heterocycles. The van der Waals surface area contributed by atoms with Gasteiger partial charge in [0.25, 0.3) is 0 Å². The minimum Gasteiger partial charge on any atom is -0.494 e. The Morgan fingerprint density at radius 1 is 1.14 bits per heavy atom. The summed E-state index contributed by atoms with van der Waals surface area (Å²) in [5, 5.41) is 3.48. The molecule has 1 N–H and O–H groups in total. The van der Waals surface area contributed by atoms with Gasteiger partial charge >= 0.3 is 0 Å². The minimum absolute atomic E-state index is 0.0463. The molecule has 0 amide bonds. The molecule has 1 saturated carbocycles. The van der Waals surface area contributed by atoms with E-state index in [1.54, 1.807) is 0 Å². The molecule has 2 rings (SSSR count). The zero-order valence-electron chi connectivity index (χ0n) is 13.7. The second-order valence-corrected chi connectivity index (χ2v) is 5.84. The zero-order chi connectivity index (χ0) is 15.1. The van der Waals surface area contributed by atoms with Crippen LogP contribution in [0.3, 0.4) is 0 Å². The number of hydrogen-bond donors (Lipinski definition) is 1. The Morgan fingerprint density at radius 2 is 1.81 bits per heavy atom. The van der Waals surface area contributed by atoms with E-state index in [0.29, 0.717) is 0 Å². The normalized spacial score (nSPS) is 18.6. The van der Waals surface area contributed by atoms with E-state index < -0.39 is 0 Å². The Balaban J connectivity index is 2.15. The van der Waals surface area contributed by atoms with Crippen molar-refractivity contribution in [2.45, 2.75) is 57.6 Å². The summed E-state index contributed by atoms with van der Waals surface area (Å²) in [5.41, 5.74) is 1.24. The molecule has 0 aromatic heterocycles. The first kappa shape index (κ1) is 16.3. The second kappa shape index (κ2) is 7.81. The average molecular weight is 291 g/mol. The van der Waals surface area contributed by atoms with Crippen LogP contribution in [0, 0.1) is 0 Å². The van der Waals surface area contributed by atoms with E-state index in [2.05, 4.69) is 43.4 Å². The van der Waals surface area contributed by atoms with Crippen molar-refractivity contribution in [3.05, 3.63) is 29.8 Å². The molecule has 3 heteroatoms. The van der Waals surface area contributed by atoms with Crippen molar-refractivity contribution in [3.63, 3.8) is 0 Å². The summed E-state index contributed by atoms with van der Waals surface area (Å²) in [5.74, 6) is 0.951. The molecule has 1 atom stereocenters. The molecule has 1 aromatic carbocycles. The monoisotopic (exact) mass is 291 g/mol. The molecule has 0 heterocycles. The molecular formula is C18H29NO2. The van der Waals surface area contributed by atoms with Crippen molar-refractivity contribution in [1.82, 2.24) is 5.32 Å². The molecule has 118 valence electrons. The van der Waals surface area contributed by atoms with Crippen LogP contribution in [-0.2, 0) is 4.74 Å². The predicted molar refractivity (Wildman–Crippen MR) is 86.9 cm³/mol. The Kier molecular flexibility index (Phi) is 6.07. The van der Waals surface area contributed by atoms with Gasteiger partial charge in [-0.1, -0.05) is 31.9 Å². The highest BCUT2D eigenvalue weighted by molar-refractivity contribution is 5.31. The van der Waals surface area contributed by atoms with Crippen LogP contribution in [0.4, 0.5) is 0 Å². The third-order valence-electron chi connectivity index (χ3n) is 4.38. The highest BCUT2D eigenvalue weighted by atomic mass is 16.5. The number of nitrogens with one attached hydrogen (secondary N) is 1. The molecule has 1 aromatic rings. The molecule has 1 aliphatic carbocycles. The van der Waals surface area contributed by atoms with E-state index in [1.165, 1.54) is 18.4 Å². The van der Waals surface area contributed by atoms with Crippen molar-refractivity contribution >= 4 is 0 Å². The van der Waals surface area contributed by atoms with Crippen LogP contribution in [-0.4, -0.2) is 25.9 Å². The number of hydrogen-bond acceptors (Lipinski definition) is 3. The van der Waals surface area contributed by atoms with Gasteiger partial charge in [-0.25, -0.2) is 0 Å². The van der Waals surface area contributed by atoms with Crippen LogP contribution in [0.2, 0.25) is 0 Å². The lowest BCUT2D eigenvalue weighted by Crippen LogP contribution is -2.43. The van der Waals surface area contributed by atoms with E-state index in [1.807, 2.05) is 7.05 Å². The van der Waals surface area contributed by atoms with Crippen LogP contribution in [0.5, 0.6) is 5.75 Å². The largest absolute Gasteiger partial charge is 0.494 e. The fraction of sp³-hybridized carbons (Fsp3) is 0.667. The summed E-state index contributed by atoms with van der Waals surface area (Å²) in [4.78, 5) is 0. The third kappa shape index (κ3) is 3.78. The topological polar surface area (TPSA) is 30.5 Å². The van der Waals surface area contributed by atoms with Crippen LogP contribution in [0.15, 0.2) is 24.3 Å². The van der Waals surface area contributed by atoms with Crippen molar-refractivity contribution in [2.24, 2.45) is 0 Å². The van der Waals surface area contributed by atoms with E-state index in [0.717, 1.165) is 38.2 Å². The number of likely N-dealkylation sites (N-methyl/N-ethyl adjacent to an activating group) is 1. The summed E-state index contributed by atoms with van der Waals surface area (Å²) in [6, 6.07) is 8.74. The molecule has 3 nitrogen and oxygen atoms in total. The molecule has 1 unspecified atom stereocenters. The summed E-state index contributed by atoms with van der Waals surface area (Å²) in [6.07, 6.45) is 5.83. The summed E-state index contributed by atoms with van der Waals surface area (Å²) >= 11 is 0. The number of rotatable bonds is 8. The van der Waals surface area contributed by atoms with Crippen LogP contribution >= 0.6 is 0 Å². The molecule has 0 spiro atoms. The molecule has 0 radical (unpaired) electrons. The maximum absolute atomic E-state index is 6.20. The van der Waals surface area contributed by atoms with Crippen LogP contribution < -0.4 is 10.1 Å². The lowest BCUT2D eigenvalue weighted by Gasteiger charge is -2.37. The molecule has 0 saturated heterocycles. The van der Waals surface area contributed by atoms with Gasteiger partial charge in [0.1, 0.15) is 5.75 Å². The molecule has 0 bridgehead atoms. The van der Waals surface area contributed by atoms with Gasteiger partial charge < -0.3 is 14.8 Å². The highest BCUT2D eigenvalue weighted by Gasteiger charge is 2.42. The quantitative estimate of drug-likeness (QED) is 0.782. The van der Waals surface area contributed by atoms with Crippen LogP contribution in [0.25, 0.3) is 0 Å². The van der Waals surface area contributed by atoms with Gasteiger partial charge in [0.2, 0.25) is 0 Å². The maximum Gasteiger partial charge on any atom is 0.119 e. The van der Waals surface area contributed by atoms with Gasteiger partial charge in [0.15, 0.2) is 0 Å². The molecule has 1 fully saturated rings. The minimum atomic E-state index is -0.0463. The van der Waals surface area contributed by atoms with Crippen molar-refractivity contribution in [1.29, 1.82) is 0 Å². The molecular weight excluding hydrogens is 262 g/mol. The molecule has 21 heavy (non-hydrogen) atoms. The summed E-state index contributed by atoms with van der Waals surface area (Å²) < 4.78 is 11.9. The predicted octanol–water partition coefficient (Wildman–Crippen LogP) is 4.09. The smallest absolute Gasteiger partial charge is 0.119 e. The van der Waals surface area contributed by atoms with Gasteiger partial charge in [-0.3, -0.25) is 0 Å². The zero-order valence-corrected chi connectivity index (χ0v) is 13.7. The van der Waals surface area contributed by atoms with Crippen molar-refractivity contribution in [3.8, 4) is 5.75 Å². The van der Waals surface area contributed by atoms with Gasteiger partial charge in [-0.05, 0) is 50.9 Å². The Bertz CT molecular complexity index is 410. The molecule has 1 aliphatic rings. The van der Waals surface area contributed by atoms with Crippen LogP contribution in [0.1, 0.15) is 57.6 Å². The van der Waals surface area contributed by atoms with Crippen molar-refractivity contribution in [2.75, 3.05) is 20.3 Å². The third-order valence-corrected chi connectivity index (χ3v) is 4.38. The van der Waals surface area contributed by atoms with E-state index in [4.69, 9.17) is 9.47 Å². The van der Waals surface area contributed by atoms with Gasteiger partial charge in [-0.15, -0.1) is 0 Å². The Hall–Kier alpha value is -1.06. The van der Waals surface area contributed by atoms with Gasteiger partial charge in [0.05, 0.1) is 18.2 Å². The Morgan fingerprint density at radius 3 is 2.33 bits per heavy atom. The van der Waals surface area contributed by atoms with Gasteiger partial charge in [-0.2, -0.15) is 0 Å². The first-order chi connectivity index (χ1) is 10.3. The summed E-state index contributed by atoms with van der Waals surface area (Å²) in [6.45, 7) is 5.76. The SMILES string of the molecule is CCCOc1ccc(C(NC)C2(OCC)CCCC2)cc1. The maximum atomic E-state index is 6.20. The fourth-order valence-corrected chi connectivity index (χ4v) is 3.49. The number of benzene rings is 1. The van der Waals surface area contributed by atoms with E-state index in [-0.39, 0.29) is 11.6 Å². The lowest BCUT2D eigenvalue weighted by atomic mass is 9.86.